The number of hydrogen-bond donors (Lipinski definition) is 2. The molecule has 2 atom stereocenters. The van der Waals surface area contributed by atoms with Crippen LogP contribution in [0, 0.1) is 0 Å². The van der Waals surface area contributed by atoms with Gasteiger partial charge >= 0.3 is 0 Å². The third kappa shape index (κ3) is 3.93. The molecule has 1 saturated heterocycles. The van der Waals surface area contributed by atoms with E-state index < -0.39 is 0 Å². The summed E-state index contributed by atoms with van der Waals surface area (Å²) < 4.78 is 0. The van der Waals surface area contributed by atoms with E-state index in [0.29, 0.717) is 12.1 Å². The van der Waals surface area contributed by atoms with E-state index in [-0.39, 0.29) is 0 Å². The molecule has 1 fully saturated rings. The number of imidazole rings is 1. The smallest absolute Gasteiger partial charge is 0.120 e. The summed E-state index contributed by atoms with van der Waals surface area (Å²) >= 11 is 0. The molecule has 0 spiro atoms. The van der Waals surface area contributed by atoms with Crippen LogP contribution in [-0.4, -0.2) is 33.5 Å². The fraction of sp³-hybridized carbons (Fsp3) is 0.471. The van der Waals surface area contributed by atoms with Gasteiger partial charge in [-0.15, -0.1) is 0 Å². The van der Waals surface area contributed by atoms with Crippen LogP contribution < -0.4 is 5.32 Å². The first-order valence-corrected chi connectivity index (χ1v) is 7.81. The Bertz CT molecular complexity index is 523. The van der Waals surface area contributed by atoms with Crippen molar-refractivity contribution in [1.29, 1.82) is 0 Å². The molecule has 1 aromatic heterocycles. The van der Waals surface area contributed by atoms with Crippen LogP contribution in [0.15, 0.2) is 42.7 Å². The van der Waals surface area contributed by atoms with Crippen molar-refractivity contribution < 1.29 is 0 Å². The van der Waals surface area contributed by atoms with Crippen molar-refractivity contribution in [2.45, 2.75) is 44.9 Å². The van der Waals surface area contributed by atoms with Gasteiger partial charge in [0.25, 0.3) is 0 Å². The molecule has 0 aliphatic carbocycles. The highest BCUT2D eigenvalue weighted by Gasteiger charge is 2.25. The standard InChI is InChI=1S/C17H24N4/c1-14-11-16(20-12-17-18-8-9-19-17)7-10-21(14)13-15-5-3-2-4-6-15/h2-6,8-9,14,16,20H,7,10-13H2,1H3,(H,18,19)/t14-,16+/m1/s1. The molecule has 3 rings (SSSR count). The molecule has 0 unspecified atom stereocenters. The number of aromatic amines is 1. The van der Waals surface area contributed by atoms with Crippen LogP contribution in [0.5, 0.6) is 0 Å². The van der Waals surface area contributed by atoms with Crippen LogP contribution >= 0.6 is 0 Å². The maximum Gasteiger partial charge on any atom is 0.120 e. The van der Waals surface area contributed by atoms with E-state index >= 15 is 0 Å². The monoisotopic (exact) mass is 284 g/mol. The van der Waals surface area contributed by atoms with E-state index in [1.807, 2.05) is 12.4 Å². The number of likely N-dealkylation sites (tertiary alicyclic amines) is 1. The van der Waals surface area contributed by atoms with Crippen molar-refractivity contribution in [2.75, 3.05) is 6.54 Å². The summed E-state index contributed by atoms with van der Waals surface area (Å²) in [5, 5.41) is 3.62. The van der Waals surface area contributed by atoms with Gasteiger partial charge in [0.1, 0.15) is 5.82 Å². The summed E-state index contributed by atoms with van der Waals surface area (Å²) in [6.07, 6.45) is 6.09. The molecular weight excluding hydrogens is 260 g/mol. The quantitative estimate of drug-likeness (QED) is 0.887. The third-order valence-corrected chi connectivity index (χ3v) is 4.36. The molecule has 21 heavy (non-hydrogen) atoms. The molecule has 4 heteroatoms. The molecule has 1 aliphatic rings. The lowest BCUT2D eigenvalue weighted by atomic mass is 9.97. The number of rotatable bonds is 5. The summed E-state index contributed by atoms with van der Waals surface area (Å²) in [7, 11) is 0. The molecule has 2 heterocycles. The lowest BCUT2D eigenvalue weighted by molar-refractivity contribution is 0.128. The summed E-state index contributed by atoms with van der Waals surface area (Å²) in [6.45, 7) is 5.39. The fourth-order valence-corrected chi connectivity index (χ4v) is 3.09. The Morgan fingerprint density at radius 2 is 2.19 bits per heavy atom. The van der Waals surface area contributed by atoms with Crippen molar-refractivity contribution in [2.24, 2.45) is 0 Å². The van der Waals surface area contributed by atoms with Gasteiger partial charge in [-0.25, -0.2) is 4.98 Å². The van der Waals surface area contributed by atoms with E-state index in [1.165, 1.54) is 18.4 Å². The zero-order chi connectivity index (χ0) is 14.5. The van der Waals surface area contributed by atoms with Gasteiger partial charge in [0.05, 0.1) is 6.54 Å². The molecular formula is C17H24N4. The van der Waals surface area contributed by atoms with Crippen molar-refractivity contribution in [3.05, 3.63) is 54.1 Å². The Morgan fingerprint density at radius 1 is 1.33 bits per heavy atom. The van der Waals surface area contributed by atoms with Gasteiger partial charge in [-0.3, -0.25) is 4.90 Å². The number of H-pyrrole nitrogens is 1. The van der Waals surface area contributed by atoms with Gasteiger partial charge in [0.15, 0.2) is 0 Å². The molecule has 0 radical (unpaired) electrons. The minimum absolute atomic E-state index is 0.595. The van der Waals surface area contributed by atoms with Gasteiger partial charge in [-0.05, 0) is 25.3 Å². The zero-order valence-electron chi connectivity index (χ0n) is 12.6. The number of benzene rings is 1. The molecule has 2 N–H and O–H groups in total. The highest BCUT2D eigenvalue weighted by atomic mass is 15.2. The average Bonchev–Trinajstić information content (AvgIpc) is 3.02. The molecule has 0 saturated carbocycles. The number of nitrogens with one attached hydrogen (secondary N) is 2. The van der Waals surface area contributed by atoms with Crippen LogP contribution in [0.25, 0.3) is 0 Å². The Kier molecular flexibility index (Phi) is 4.68. The normalized spacial score (nSPS) is 23.3. The van der Waals surface area contributed by atoms with E-state index in [4.69, 9.17) is 0 Å². The van der Waals surface area contributed by atoms with E-state index in [1.54, 1.807) is 0 Å². The summed E-state index contributed by atoms with van der Waals surface area (Å²) in [5.74, 6) is 1.02. The molecule has 4 nitrogen and oxygen atoms in total. The van der Waals surface area contributed by atoms with Crippen LogP contribution in [0.1, 0.15) is 31.2 Å². The summed E-state index contributed by atoms with van der Waals surface area (Å²) in [4.78, 5) is 9.99. The van der Waals surface area contributed by atoms with E-state index in [0.717, 1.165) is 25.5 Å². The van der Waals surface area contributed by atoms with Crippen LogP contribution in [0.4, 0.5) is 0 Å². The Morgan fingerprint density at radius 3 is 2.90 bits per heavy atom. The summed E-state index contributed by atoms with van der Waals surface area (Å²) in [6, 6.07) is 12.0. The van der Waals surface area contributed by atoms with Crippen molar-refractivity contribution in [1.82, 2.24) is 20.2 Å². The number of hydrogen-bond acceptors (Lipinski definition) is 3. The second kappa shape index (κ2) is 6.87. The van der Waals surface area contributed by atoms with Crippen molar-refractivity contribution in [3.63, 3.8) is 0 Å². The predicted molar refractivity (Wildman–Crippen MR) is 84.8 cm³/mol. The lowest BCUT2D eigenvalue weighted by Crippen LogP contribution is -2.46. The zero-order valence-corrected chi connectivity index (χ0v) is 12.6. The highest BCUT2D eigenvalue weighted by molar-refractivity contribution is 5.14. The maximum atomic E-state index is 4.26. The third-order valence-electron chi connectivity index (χ3n) is 4.36. The lowest BCUT2D eigenvalue weighted by Gasteiger charge is -2.38. The van der Waals surface area contributed by atoms with E-state index in [2.05, 4.69) is 57.4 Å². The second-order valence-electron chi connectivity index (χ2n) is 5.94. The Balaban J connectivity index is 1.47. The molecule has 1 aromatic carbocycles. The van der Waals surface area contributed by atoms with Crippen molar-refractivity contribution in [3.8, 4) is 0 Å². The molecule has 2 aromatic rings. The molecule has 0 bridgehead atoms. The molecule has 112 valence electrons. The molecule has 1 aliphatic heterocycles. The van der Waals surface area contributed by atoms with Gasteiger partial charge in [-0.1, -0.05) is 30.3 Å². The Hall–Kier alpha value is -1.65. The number of nitrogens with zero attached hydrogens (tertiary/aromatic N) is 2. The van der Waals surface area contributed by atoms with Crippen LogP contribution in [0.3, 0.4) is 0 Å². The van der Waals surface area contributed by atoms with Gasteiger partial charge in [0.2, 0.25) is 0 Å². The second-order valence-corrected chi connectivity index (χ2v) is 5.94. The SMILES string of the molecule is C[C@@H]1C[C@@H](NCc2ncc[nH]2)CCN1Cc1ccccc1. The number of piperidine rings is 1. The average molecular weight is 284 g/mol. The topological polar surface area (TPSA) is 44.0 Å². The summed E-state index contributed by atoms with van der Waals surface area (Å²) in [5.41, 5.74) is 1.41. The molecule has 0 amide bonds. The minimum Gasteiger partial charge on any atom is -0.348 e. The van der Waals surface area contributed by atoms with Crippen LogP contribution in [-0.2, 0) is 13.1 Å². The van der Waals surface area contributed by atoms with Gasteiger partial charge in [0, 0.05) is 37.6 Å². The fourth-order valence-electron chi connectivity index (χ4n) is 3.09. The minimum atomic E-state index is 0.595. The van der Waals surface area contributed by atoms with Gasteiger partial charge in [-0.2, -0.15) is 0 Å². The van der Waals surface area contributed by atoms with Crippen molar-refractivity contribution >= 4 is 0 Å². The predicted octanol–water partition coefficient (Wildman–Crippen LogP) is 2.55. The van der Waals surface area contributed by atoms with Crippen LogP contribution in [0.2, 0.25) is 0 Å². The first kappa shape index (κ1) is 14.3. The maximum absolute atomic E-state index is 4.26. The van der Waals surface area contributed by atoms with Gasteiger partial charge < -0.3 is 10.3 Å². The first-order chi connectivity index (χ1) is 10.3. The number of aromatic nitrogens is 2. The Labute approximate surface area is 126 Å². The first-order valence-electron chi connectivity index (χ1n) is 7.81. The highest BCUT2D eigenvalue weighted by Crippen LogP contribution is 2.20. The largest absolute Gasteiger partial charge is 0.348 e. The van der Waals surface area contributed by atoms with E-state index in [9.17, 15) is 0 Å².